The van der Waals surface area contributed by atoms with E-state index >= 15 is 0 Å². The van der Waals surface area contributed by atoms with Crippen LogP contribution in [0.2, 0.25) is 0 Å². The van der Waals surface area contributed by atoms with Gasteiger partial charge in [-0.15, -0.1) is 0 Å². The first-order chi connectivity index (χ1) is 8.25. The summed E-state index contributed by atoms with van der Waals surface area (Å²) in [5, 5.41) is 0. The molecule has 0 bridgehead atoms. The molecule has 0 aliphatic heterocycles. The Bertz CT molecular complexity index is 594. The summed E-state index contributed by atoms with van der Waals surface area (Å²) in [7, 11) is 0. The molecule has 0 nitrogen and oxygen atoms in total. The second kappa shape index (κ2) is 5.41. The Hall–Kier alpha value is -0.873. The van der Waals surface area contributed by atoms with Crippen molar-refractivity contribution >= 4 is 11.8 Å². The molecule has 3 rings (SSSR count). The van der Waals surface area contributed by atoms with Gasteiger partial charge in [0, 0.05) is 9.80 Å². The van der Waals surface area contributed by atoms with Crippen LogP contribution in [0.4, 0.5) is 0 Å². The molecule has 1 aromatic rings. The van der Waals surface area contributed by atoms with E-state index < -0.39 is 0 Å². The second-order valence-corrected chi connectivity index (χ2v) is 5.51. The van der Waals surface area contributed by atoms with Crippen LogP contribution in [0.3, 0.4) is 0 Å². The van der Waals surface area contributed by atoms with Crippen LogP contribution < -0.4 is 18.9 Å². The quantitative estimate of drug-likeness (QED) is 0.719. The average Bonchev–Trinajstić information content (AvgIpc) is 2.84. The minimum atomic E-state index is 0. The number of fused-ring (bicyclic) bond motifs is 1. The van der Waals surface area contributed by atoms with Gasteiger partial charge in [0.05, 0.1) is 0 Å². The molecule has 0 unspecified atom stereocenters. The number of allylic oxidation sites excluding steroid dienone is 7. The molecule has 18 heavy (non-hydrogen) atoms. The van der Waals surface area contributed by atoms with Gasteiger partial charge in [0.15, 0.2) is 0 Å². The SMILES string of the molecule is CC1=C2C=C(Sc3ccccc3)C(C)=C2C=C1.[H-].[Li+]. The number of rotatable bonds is 2. The Balaban J connectivity index is 0.000000902. The molecule has 0 aromatic heterocycles. The summed E-state index contributed by atoms with van der Waals surface area (Å²) in [6.07, 6.45) is 6.75. The van der Waals surface area contributed by atoms with Gasteiger partial charge in [-0.05, 0) is 54.3 Å². The van der Waals surface area contributed by atoms with E-state index in [1.165, 1.54) is 32.1 Å². The van der Waals surface area contributed by atoms with Crippen molar-refractivity contribution in [2.45, 2.75) is 18.7 Å². The zero-order chi connectivity index (χ0) is 11.8. The van der Waals surface area contributed by atoms with Gasteiger partial charge in [-0.25, -0.2) is 0 Å². The van der Waals surface area contributed by atoms with E-state index in [2.05, 4.69) is 62.4 Å². The maximum absolute atomic E-state index is 2.32. The summed E-state index contributed by atoms with van der Waals surface area (Å²) in [6.45, 7) is 4.39. The van der Waals surface area contributed by atoms with Crippen LogP contribution in [0, 0.1) is 0 Å². The zero-order valence-corrected chi connectivity index (χ0v) is 11.8. The molecule has 0 spiro atoms. The van der Waals surface area contributed by atoms with Gasteiger partial charge < -0.3 is 1.43 Å². The molecule has 0 N–H and O–H groups in total. The molecule has 0 heterocycles. The molecule has 0 amide bonds. The van der Waals surface area contributed by atoms with Gasteiger partial charge in [0.2, 0.25) is 0 Å². The van der Waals surface area contributed by atoms with Gasteiger partial charge in [0.1, 0.15) is 0 Å². The monoisotopic (exact) mass is 246 g/mol. The Morgan fingerprint density at radius 3 is 2.33 bits per heavy atom. The topological polar surface area (TPSA) is 0 Å². The minimum absolute atomic E-state index is 0. The van der Waals surface area contributed by atoms with Crippen molar-refractivity contribution in [3.63, 3.8) is 0 Å². The van der Waals surface area contributed by atoms with Crippen molar-refractivity contribution in [2.75, 3.05) is 0 Å². The van der Waals surface area contributed by atoms with E-state index in [-0.39, 0.29) is 20.3 Å². The predicted molar refractivity (Wildman–Crippen MR) is 76.0 cm³/mol. The Kier molecular flexibility index (Phi) is 4.07. The molecular weight excluding hydrogens is 231 g/mol. The van der Waals surface area contributed by atoms with E-state index in [0.717, 1.165) is 0 Å². The summed E-state index contributed by atoms with van der Waals surface area (Å²) in [5.41, 5.74) is 5.59. The molecule has 86 valence electrons. The normalized spacial score (nSPS) is 16.9. The molecule has 0 saturated carbocycles. The number of hydrogen-bond donors (Lipinski definition) is 0. The fraction of sp³-hybridized carbons (Fsp3) is 0.125. The first-order valence-electron chi connectivity index (χ1n) is 5.81. The Labute approximate surface area is 126 Å². The summed E-state index contributed by atoms with van der Waals surface area (Å²) in [4.78, 5) is 2.69. The maximum Gasteiger partial charge on any atom is 1.00 e. The third-order valence-electron chi connectivity index (χ3n) is 3.24. The number of benzene rings is 1. The van der Waals surface area contributed by atoms with Crippen LogP contribution in [-0.2, 0) is 0 Å². The summed E-state index contributed by atoms with van der Waals surface area (Å²) in [5.74, 6) is 0. The summed E-state index contributed by atoms with van der Waals surface area (Å²) >= 11 is 1.85. The molecule has 2 aliphatic carbocycles. The largest absolute Gasteiger partial charge is 1.00 e. The van der Waals surface area contributed by atoms with Crippen LogP contribution in [0.1, 0.15) is 15.3 Å². The van der Waals surface area contributed by atoms with E-state index in [0.29, 0.717) is 0 Å². The Morgan fingerprint density at radius 2 is 1.67 bits per heavy atom. The first-order valence-corrected chi connectivity index (χ1v) is 6.62. The van der Waals surface area contributed by atoms with E-state index in [1.54, 1.807) is 0 Å². The molecule has 0 radical (unpaired) electrons. The van der Waals surface area contributed by atoms with Crippen LogP contribution in [0.5, 0.6) is 0 Å². The standard InChI is InChI=1S/C16H14S.Li.H/c1-11-8-9-14-12(2)16(10-15(11)14)17-13-6-4-3-5-7-13;;/h3-10H,1-2H3;;/q;+1;-1. The van der Waals surface area contributed by atoms with Gasteiger partial charge in [-0.1, -0.05) is 42.1 Å². The summed E-state index contributed by atoms with van der Waals surface area (Å²) < 4.78 is 0. The number of thioether (sulfide) groups is 1. The van der Waals surface area contributed by atoms with Crippen LogP contribution in [-0.4, -0.2) is 0 Å². The maximum atomic E-state index is 2.32. The third kappa shape index (κ3) is 2.31. The van der Waals surface area contributed by atoms with Gasteiger partial charge >= 0.3 is 18.9 Å². The third-order valence-corrected chi connectivity index (χ3v) is 4.39. The van der Waals surface area contributed by atoms with Crippen molar-refractivity contribution in [3.05, 3.63) is 75.8 Å². The molecule has 0 fully saturated rings. The molecule has 2 aliphatic rings. The average molecular weight is 246 g/mol. The van der Waals surface area contributed by atoms with E-state index in [1.807, 2.05) is 11.8 Å². The first kappa shape index (κ1) is 13.6. The van der Waals surface area contributed by atoms with Crippen molar-refractivity contribution < 1.29 is 20.3 Å². The smallest absolute Gasteiger partial charge is 1.00 e. The molecule has 1 aromatic carbocycles. The molecule has 2 heteroatoms. The predicted octanol–water partition coefficient (Wildman–Crippen LogP) is 2.00. The van der Waals surface area contributed by atoms with Crippen molar-refractivity contribution in [2.24, 2.45) is 0 Å². The van der Waals surface area contributed by atoms with Crippen LogP contribution in [0.25, 0.3) is 0 Å². The van der Waals surface area contributed by atoms with E-state index in [9.17, 15) is 0 Å². The van der Waals surface area contributed by atoms with E-state index in [4.69, 9.17) is 0 Å². The van der Waals surface area contributed by atoms with Crippen molar-refractivity contribution in [1.29, 1.82) is 0 Å². The minimum Gasteiger partial charge on any atom is -1.00 e. The van der Waals surface area contributed by atoms with Crippen LogP contribution >= 0.6 is 11.8 Å². The van der Waals surface area contributed by atoms with Gasteiger partial charge in [-0.3, -0.25) is 0 Å². The fourth-order valence-electron chi connectivity index (χ4n) is 2.21. The second-order valence-electron chi connectivity index (χ2n) is 4.39. The fourth-order valence-corrected chi connectivity index (χ4v) is 3.20. The van der Waals surface area contributed by atoms with Crippen LogP contribution in [0.15, 0.2) is 80.7 Å². The molecular formula is C16H15LiS. The molecule has 0 saturated heterocycles. The number of hydrogen-bond acceptors (Lipinski definition) is 1. The van der Waals surface area contributed by atoms with Gasteiger partial charge in [0.25, 0.3) is 0 Å². The van der Waals surface area contributed by atoms with Gasteiger partial charge in [-0.2, -0.15) is 0 Å². The van der Waals surface area contributed by atoms with Crippen molar-refractivity contribution in [1.82, 2.24) is 0 Å². The van der Waals surface area contributed by atoms with Crippen molar-refractivity contribution in [3.8, 4) is 0 Å². The Morgan fingerprint density at radius 1 is 0.944 bits per heavy atom. The zero-order valence-electron chi connectivity index (χ0n) is 12.0. The molecule has 0 atom stereocenters. The summed E-state index contributed by atoms with van der Waals surface area (Å²) in [6, 6.07) is 10.6.